The third-order valence-corrected chi connectivity index (χ3v) is 2.75. The summed E-state index contributed by atoms with van der Waals surface area (Å²) >= 11 is 5.80. The number of hydrogen-bond donors (Lipinski definition) is 1. The molecule has 2 nitrogen and oxygen atoms in total. The molecule has 1 unspecified atom stereocenters. The zero-order valence-corrected chi connectivity index (χ0v) is 9.67. The molecular weight excluding hydrogens is 196 g/mol. The van der Waals surface area contributed by atoms with Crippen LogP contribution in [0.4, 0.5) is 0 Å². The van der Waals surface area contributed by atoms with E-state index in [1.165, 1.54) is 5.56 Å². The molecule has 0 bridgehead atoms. The summed E-state index contributed by atoms with van der Waals surface area (Å²) in [6.07, 6.45) is 0.817. The smallest absolute Gasteiger partial charge is 0.0694 e. The molecule has 0 fully saturated rings. The molecule has 78 valence electrons. The maximum Gasteiger partial charge on any atom is 0.0694 e. The first kappa shape index (κ1) is 11.5. The van der Waals surface area contributed by atoms with Gasteiger partial charge in [-0.1, -0.05) is 23.7 Å². The van der Waals surface area contributed by atoms with Gasteiger partial charge in [0.15, 0.2) is 0 Å². The van der Waals surface area contributed by atoms with Gasteiger partial charge in [-0.25, -0.2) is 0 Å². The van der Waals surface area contributed by atoms with E-state index in [2.05, 4.69) is 0 Å². The van der Waals surface area contributed by atoms with Gasteiger partial charge in [-0.15, -0.1) is 0 Å². The molecule has 0 heterocycles. The van der Waals surface area contributed by atoms with Crippen molar-refractivity contribution >= 4 is 11.6 Å². The van der Waals surface area contributed by atoms with E-state index in [0.717, 1.165) is 11.4 Å². The molecule has 14 heavy (non-hydrogen) atoms. The molecule has 1 atom stereocenters. The molecule has 0 aliphatic carbocycles. The van der Waals surface area contributed by atoms with Gasteiger partial charge in [0, 0.05) is 11.4 Å². The van der Waals surface area contributed by atoms with Crippen molar-refractivity contribution in [2.45, 2.75) is 19.0 Å². The van der Waals surface area contributed by atoms with Crippen molar-refractivity contribution < 1.29 is 0 Å². The lowest BCUT2D eigenvalue weighted by molar-refractivity contribution is 0.180. The van der Waals surface area contributed by atoms with E-state index in [1.54, 1.807) is 0 Å². The van der Waals surface area contributed by atoms with Gasteiger partial charge >= 0.3 is 0 Å². The van der Waals surface area contributed by atoms with Crippen LogP contribution in [0.5, 0.6) is 0 Å². The first-order chi connectivity index (χ1) is 6.42. The number of nitrogens with two attached hydrogens (primary N) is 1. The minimum atomic E-state index is -0.312. The summed E-state index contributed by atoms with van der Waals surface area (Å²) in [6, 6.07) is 7.80. The number of rotatable bonds is 3. The van der Waals surface area contributed by atoms with E-state index in [0.29, 0.717) is 0 Å². The van der Waals surface area contributed by atoms with Crippen LogP contribution in [0.3, 0.4) is 0 Å². The highest BCUT2D eigenvalue weighted by Gasteiger charge is 2.20. The quantitative estimate of drug-likeness (QED) is 0.778. The Hall–Kier alpha value is -0.570. The molecular formula is C11H17ClN2. The van der Waals surface area contributed by atoms with Gasteiger partial charge in [0.05, 0.1) is 5.66 Å². The number of hydrogen-bond acceptors (Lipinski definition) is 2. The standard InChI is InChI=1S/C11H17ClN2/c1-11(13,14(2)3)8-9-4-6-10(12)7-5-9/h4-7H,8,13H2,1-3H3. The second kappa shape index (κ2) is 4.30. The third-order valence-electron chi connectivity index (χ3n) is 2.50. The van der Waals surface area contributed by atoms with Crippen LogP contribution in [-0.4, -0.2) is 24.7 Å². The lowest BCUT2D eigenvalue weighted by Gasteiger charge is -2.32. The van der Waals surface area contributed by atoms with Crippen molar-refractivity contribution in [2.75, 3.05) is 14.1 Å². The zero-order valence-electron chi connectivity index (χ0n) is 8.92. The molecule has 0 saturated heterocycles. The summed E-state index contributed by atoms with van der Waals surface area (Å²) in [6.45, 7) is 2.02. The normalized spacial score (nSPS) is 15.6. The summed E-state index contributed by atoms with van der Waals surface area (Å²) in [4.78, 5) is 2.02. The van der Waals surface area contributed by atoms with Crippen LogP contribution in [-0.2, 0) is 6.42 Å². The van der Waals surface area contributed by atoms with Crippen molar-refractivity contribution in [3.05, 3.63) is 34.9 Å². The van der Waals surface area contributed by atoms with Crippen LogP contribution in [0.2, 0.25) is 5.02 Å². The Morgan fingerprint density at radius 1 is 1.29 bits per heavy atom. The minimum absolute atomic E-state index is 0.312. The average Bonchev–Trinajstić information content (AvgIpc) is 2.08. The minimum Gasteiger partial charge on any atom is -0.313 e. The molecule has 0 radical (unpaired) electrons. The SMILES string of the molecule is CN(C)C(C)(N)Cc1ccc(Cl)cc1. The van der Waals surface area contributed by atoms with Gasteiger partial charge in [0.2, 0.25) is 0 Å². The van der Waals surface area contributed by atoms with E-state index in [9.17, 15) is 0 Å². The molecule has 0 aromatic heterocycles. The number of nitrogens with zero attached hydrogens (tertiary/aromatic N) is 1. The van der Waals surface area contributed by atoms with Crippen LogP contribution in [0.1, 0.15) is 12.5 Å². The Kier molecular flexibility index (Phi) is 3.53. The zero-order chi connectivity index (χ0) is 10.8. The van der Waals surface area contributed by atoms with Gasteiger partial charge in [0.1, 0.15) is 0 Å². The highest BCUT2D eigenvalue weighted by molar-refractivity contribution is 6.30. The number of halogens is 1. The fourth-order valence-corrected chi connectivity index (χ4v) is 1.30. The van der Waals surface area contributed by atoms with Crippen molar-refractivity contribution in [2.24, 2.45) is 5.73 Å². The molecule has 3 heteroatoms. The van der Waals surface area contributed by atoms with Crippen molar-refractivity contribution in [3.8, 4) is 0 Å². The van der Waals surface area contributed by atoms with E-state index < -0.39 is 0 Å². The first-order valence-electron chi connectivity index (χ1n) is 4.62. The first-order valence-corrected chi connectivity index (χ1v) is 5.00. The Bertz CT molecular complexity index is 291. The number of benzene rings is 1. The van der Waals surface area contributed by atoms with Gasteiger partial charge in [0.25, 0.3) is 0 Å². The lowest BCUT2D eigenvalue weighted by atomic mass is 10.0. The van der Waals surface area contributed by atoms with Crippen molar-refractivity contribution in [1.82, 2.24) is 4.90 Å². The fraction of sp³-hybridized carbons (Fsp3) is 0.455. The average molecular weight is 213 g/mol. The molecule has 0 aliphatic heterocycles. The second-order valence-electron chi connectivity index (χ2n) is 4.05. The summed E-state index contributed by atoms with van der Waals surface area (Å²) < 4.78 is 0. The van der Waals surface area contributed by atoms with E-state index in [4.69, 9.17) is 17.3 Å². The van der Waals surface area contributed by atoms with Gasteiger partial charge < -0.3 is 5.73 Å². The maximum absolute atomic E-state index is 6.12. The van der Waals surface area contributed by atoms with E-state index >= 15 is 0 Å². The predicted molar refractivity (Wildman–Crippen MR) is 61.4 cm³/mol. The highest BCUT2D eigenvalue weighted by Crippen LogP contribution is 2.15. The highest BCUT2D eigenvalue weighted by atomic mass is 35.5. The Balaban J connectivity index is 2.74. The molecule has 1 aromatic rings. The third kappa shape index (κ3) is 2.98. The monoisotopic (exact) mass is 212 g/mol. The Labute approximate surface area is 90.7 Å². The van der Waals surface area contributed by atoms with Crippen LogP contribution in [0.15, 0.2) is 24.3 Å². The second-order valence-corrected chi connectivity index (χ2v) is 4.49. The van der Waals surface area contributed by atoms with Crippen LogP contribution in [0, 0.1) is 0 Å². The molecule has 0 saturated carbocycles. The van der Waals surface area contributed by atoms with E-state index in [-0.39, 0.29) is 5.66 Å². The lowest BCUT2D eigenvalue weighted by Crippen LogP contribution is -2.51. The summed E-state index contributed by atoms with van der Waals surface area (Å²) in [7, 11) is 3.96. The predicted octanol–water partition coefficient (Wildman–Crippen LogP) is 2.12. The van der Waals surface area contributed by atoms with Gasteiger partial charge in [-0.05, 0) is 38.7 Å². The Morgan fingerprint density at radius 3 is 2.21 bits per heavy atom. The van der Waals surface area contributed by atoms with Crippen molar-refractivity contribution in [1.29, 1.82) is 0 Å². The van der Waals surface area contributed by atoms with Gasteiger partial charge in [-0.2, -0.15) is 0 Å². The molecule has 1 aromatic carbocycles. The summed E-state index contributed by atoms with van der Waals surface area (Å²) in [5, 5.41) is 0.761. The largest absolute Gasteiger partial charge is 0.313 e. The topological polar surface area (TPSA) is 29.3 Å². The van der Waals surface area contributed by atoms with E-state index in [1.807, 2.05) is 50.2 Å². The summed E-state index contributed by atoms with van der Waals surface area (Å²) in [5.41, 5.74) is 7.01. The molecule has 0 spiro atoms. The molecule has 1 rings (SSSR count). The fourth-order valence-electron chi connectivity index (χ4n) is 1.17. The molecule has 2 N–H and O–H groups in total. The molecule has 0 amide bonds. The van der Waals surface area contributed by atoms with Gasteiger partial charge in [-0.3, -0.25) is 4.90 Å². The maximum atomic E-state index is 6.12. The van der Waals surface area contributed by atoms with Crippen molar-refractivity contribution in [3.63, 3.8) is 0 Å². The Morgan fingerprint density at radius 2 is 1.79 bits per heavy atom. The van der Waals surface area contributed by atoms with Crippen LogP contribution in [0.25, 0.3) is 0 Å². The van der Waals surface area contributed by atoms with Crippen LogP contribution < -0.4 is 5.73 Å². The number of likely N-dealkylation sites (N-methyl/N-ethyl adjacent to an activating group) is 1. The molecule has 0 aliphatic rings. The summed E-state index contributed by atoms with van der Waals surface area (Å²) in [5.74, 6) is 0. The van der Waals surface area contributed by atoms with Crippen LogP contribution >= 0.6 is 11.6 Å².